The molecule has 2 aromatic heterocycles. The number of nitrogens with zero attached hydrogens (tertiary/aromatic N) is 2. The second-order valence-corrected chi connectivity index (χ2v) is 6.65. The first-order chi connectivity index (χ1) is 12.6. The van der Waals surface area contributed by atoms with E-state index in [1.165, 1.54) is 11.8 Å². The number of aryl methyl sites for hydroxylation is 1. The standard InChI is InChI=1S/C17H18N4O4S/c1-10-12-4-3-11(24-2)7-14(12)25-17(23)13(10)8-15(22)18-5-6-26-16-9-19-21-20-16/h3-4,7,9H,5-6,8H2,1-2H3,(H,18,22)(H,19,20,21). The van der Waals surface area contributed by atoms with Gasteiger partial charge in [0.05, 0.1) is 25.3 Å². The second-order valence-electron chi connectivity index (χ2n) is 5.54. The number of hydrogen-bond donors (Lipinski definition) is 2. The number of hydrogen-bond acceptors (Lipinski definition) is 7. The fourth-order valence-corrected chi connectivity index (χ4v) is 3.18. The third-order valence-corrected chi connectivity index (χ3v) is 4.80. The molecule has 0 unspecified atom stereocenters. The lowest BCUT2D eigenvalue weighted by Gasteiger charge is -2.09. The maximum absolute atomic E-state index is 12.3. The van der Waals surface area contributed by atoms with Crippen LogP contribution in [-0.4, -0.2) is 40.7 Å². The molecule has 0 spiro atoms. The van der Waals surface area contributed by atoms with E-state index in [0.29, 0.717) is 29.2 Å². The Kier molecular flexibility index (Phi) is 5.57. The minimum absolute atomic E-state index is 0.0231. The summed E-state index contributed by atoms with van der Waals surface area (Å²) in [5.74, 6) is 1.03. The quantitative estimate of drug-likeness (QED) is 0.368. The summed E-state index contributed by atoms with van der Waals surface area (Å²) in [6.45, 7) is 2.28. The third kappa shape index (κ3) is 4.05. The molecular weight excluding hydrogens is 356 g/mol. The Balaban J connectivity index is 1.65. The highest BCUT2D eigenvalue weighted by Gasteiger charge is 2.15. The van der Waals surface area contributed by atoms with Crippen LogP contribution >= 0.6 is 11.8 Å². The number of carbonyl (C=O) groups is 1. The van der Waals surface area contributed by atoms with Gasteiger partial charge < -0.3 is 14.5 Å². The number of fused-ring (bicyclic) bond motifs is 1. The number of ether oxygens (including phenoxy) is 1. The van der Waals surface area contributed by atoms with Crippen LogP contribution in [0.2, 0.25) is 0 Å². The van der Waals surface area contributed by atoms with E-state index in [1.54, 1.807) is 25.4 Å². The van der Waals surface area contributed by atoms with Crippen LogP contribution in [0.15, 0.2) is 38.6 Å². The SMILES string of the molecule is COc1ccc2c(C)c(CC(=O)NCCSc3cn[nH]n3)c(=O)oc2c1. The Morgan fingerprint density at radius 1 is 1.42 bits per heavy atom. The van der Waals surface area contributed by atoms with Crippen LogP contribution < -0.4 is 15.7 Å². The lowest BCUT2D eigenvalue weighted by Crippen LogP contribution is -2.29. The minimum Gasteiger partial charge on any atom is -0.497 e. The molecule has 0 aliphatic heterocycles. The molecule has 0 saturated carbocycles. The largest absolute Gasteiger partial charge is 0.497 e. The zero-order valence-corrected chi connectivity index (χ0v) is 15.2. The van der Waals surface area contributed by atoms with E-state index >= 15 is 0 Å². The molecular formula is C17H18N4O4S. The molecule has 0 aliphatic rings. The number of aromatic nitrogens is 3. The Labute approximate surface area is 153 Å². The van der Waals surface area contributed by atoms with Gasteiger partial charge in [0.15, 0.2) is 0 Å². The molecule has 0 bridgehead atoms. The summed E-state index contributed by atoms with van der Waals surface area (Å²) in [6, 6.07) is 5.28. The van der Waals surface area contributed by atoms with Crippen molar-refractivity contribution in [1.82, 2.24) is 20.7 Å². The van der Waals surface area contributed by atoms with Crippen LogP contribution in [0.3, 0.4) is 0 Å². The van der Waals surface area contributed by atoms with Crippen LogP contribution in [0.5, 0.6) is 5.75 Å². The van der Waals surface area contributed by atoms with E-state index in [9.17, 15) is 9.59 Å². The van der Waals surface area contributed by atoms with Crippen LogP contribution in [0.4, 0.5) is 0 Å². The highest BCUT2D eigenvalue weighted by Crippen LogP contribution is 2.24. The van der Waals surface area contributed by atoms with Gasteiger partial charge in [-0.15, -0.1) is 16.9 Å². The Bertz CT molecular complexity index is 969. The van der Waals surface area contributed by atoms with Crippen LogP contribution in [0, 0.1) is 6.92 Å². The molecule has 8 nitrogen and oxygen atoms in total. The van der Waals surface area contributed by atoms with Gasteiger partial charge in [-0.3, -0.25) is 4.79 Å². The summed E-state index contributed by atoms with van der Waals surface area (Å²) < 4.78 is 10.5. The Morgan fingerprint density at radius 2 is 2.27 bits per heavy atom. The zero-order valence-electron chi connectivity index (χ0n) is 14.4. The van der Waals surface area contributed by atoms with Gasteiger partial charge in [-0.2, -0.15) is 10.3 Å². The maximum atomic E-state index is 12.3. The fraction of sp³-hybridized carbons (Fsp3) is 0.294. The van der Waals surface area contributed by atoms with Crippen LogP contribution in [0.1, 0.15) is 11.1 Å². The van der Waals surface area contributed by atoms with Crippen molar-refractivity contribution >= 4 is 28.6 Å². The predicted octanol–water partition coefficient (Wildman–Crippen LogP) is 1.68. The summed E-state index contributed by atoms with van der Waals surface area (Å²) in [5.41, 5.74) is 1.05. The lowest BCUT2D eigenvalue weighted by molar-refractivity contribution is -0.120. The molecule has 0 fully saturated rings. The van der Waals surface area contributed by atoms with Gasteiger partial charge >= 0.3 is 5.63 Å². The van der Waals surface area contributed by atoms with Crippen molar-refractivity contribution < 1.29 is 13.9 Å². The molecule has 3 rings (SSSR count). The molecule has 2 heterocycles. The first kappa shape index (κ1) is 18.0. The minimum atomic E-state index is -0.504. The highest BCUT2D eigenvalue weighted by atomic mass is 32.2. The van der Waals surface area contributed by atoms with Crippen molar-refractivity contribution in [3.05, 3.63) is 45.9 Å². The average molecular weight is 374 g/mol. The van der Waals surface area contributed by atoms with Crippen molar-refractivity contribution in [3.8, 4) is 5.75 Å². The molecule has 3 aromatic rings. The zero-order chi connectivity index (χ0) is 18.5. The van der Waals surface area contributed by atoms with Crippen LogP contribution in [-0.2, 0) is 11.2 Å². The molecule has 0 atom stereocenters. The molecule has 2 N–H and O–H groups in total. The predicted molar refractivity (Wildman–Crippen MR) is 97.6 cm³/mol. The van der Waals surface area contributed by atoms with E-state index in [4.69, 9.17) is 9.15 Å². The van der Waals surface area contributed by atoms with Crippen molar-refractivity contribution in [1.29, 1.82) is 0 Å². The summed E-state index contributed by atoms with van der Waals surface area (Å²) in [4.78, 5) is 24.4. The van der Waals surface area contributed by atoms with Gasteiger partial charge in [-0.25, -0.2) is 4.79 Å². The van der Waals surface area contributed by atoms with Gasteiger partial charge in [0.1, 0.15) is 16.4 Å². The van der Waals surface area contributed by atoms with Crippen molar-refractivity contribution in [2.24, 2.45) is 0 Å². The maximum Gasteiger partial charge on any atom is 0.340 e. The average Bonchev–Trinajstić information content (AvgIpc) is 3.15. The van der Waals surface area contributed by atoms with Crippen molar-refractivity contribution in [2.75, 3.05) is 19.4 Å². The van der Waals surface area contributed by atoms with E-state index in [2.05, 4.69) is 20.7 Å². The van der Waals surface area contributed by atoms with Gasteiger partial charge in [0, 0.05) is 23.8 Å². The molecule has 1 amide bonds. The number of methoxy groups -OCH3 is 1. The second kappa shape index (κ2) is 8.05. The fourth-order valence-electron chi connectivity index (χ4n) is 2.54. The van der Waals surface area contributed by atoms with E-state index in [0.717, 1.165) is 16.0 Å². The Hall–Kier alpha value is -2.81. The van der Waals surface area contributed by atoms with Gasteiger partial charge in [-0.1, -0.05) is 0 Å². The lowest BCUT2D eigenvalue weighted by atomic mass is 10.0. The first-order valence-electron chi connectivity index (χ1n) is 7.94. The highest BCUT2D eigenvalue weighted by molar-refractivity contribution is 7.99. The smallest absolute Gasteiger partial charge is 0.340 e. The van der Waals surface area contributed by atoms with Crippen molar-refractivity contribution in [2.45, 2.75) is 18.4 Å². The summed E-state index contributed by atoms with van der Waals surface area (Å²) in [6.07, 6.45) is 1.59. The topological polar surface area (TPSA) is 110 Å². The number of H-pyrrole nitrogens is 1. The molecule has 26 heavy (non-hydrogen) atoms. The summed E-state index contributed by atoms with van der Waals surface area (Å²) >= 11 is 1.48. The molecule has 1 aromatic carbocycles. The van der Waals surface area contributed by atoms with E-state index < -0.39 is 5.63 Å². The van der Waals surface area contributed by atoms with Crippen LogP contribution in [0.25, 0.3) is 11.0 Å². The normalized spacial score (nSPS) is 10.8. The number of benzene rings is 1. The van der Waals surface area contributed by atoms with E-state index in [1.807, 2.05) is 13.0 Å². The van der Waals surface area contributed by atoms with Crippen molar-refractivity contribution in [3.63, 3.8) is 0 Å². The van der Waals surface area contributed by atoms with Gasteiger partial charge in [-0.05, 0) is 24.6 Å². The number of rotatable bonds is 7. The number of nitrogens with one attached hydrogen (secondary N) is 2. The molecule has 0 radical (unpaired) electrons. The third-order valence-electron chi connectivity index (χ3n) is 3.90. The summed E-state index contributed by atoms with van der Waals surface area (Å²) in [7, 11) is 1.55. The summed E-state index contributed by atoms with van der Waals surface area (Å²) in [5, 5.41) is 14.5. The number of thioether (sulfide) groups is 1. The van der Waals surface area contributed by atoms with Gasteiger partial charge in [0.25, 0.3) is 0 Å². The molecule has 0 saturated heterocycles. The molecule has 136 valence electrons. The first-order valence-corrected chi connectivity index (χ1v) is 8.92. The number of amides is 1. The monoisotopic (exact) mass is 374 g/mol. The molecule has 0 aliphatic carbocycles. The Morgan fingerprint density at radius 3 is 3.00 bits per heavy atom. The molecule has 9 heteroatoms. The number of aromatic amines is 1. The van der Waals surface area contributed by atoms with Gasteiger partial charge in [0.2, 0.25) is 5.91 Å². The number of carbonyl (C=O) groups excluding carboxylic acids is 1. The van der Waals surface area contributed by atoms with E-state index in [-0.39, 0.29) is 12.3 Å².